The molecular formula is C16H12N2O3. The number of benzene rings is 1. The molecule has 0 N–H and O–H groups in total. The van der Waals surface area contributed by atoms with Gasteiger partial charge in [-0.05, 0) is 24.3 Å². The van der Waals surface area contributed by atoms with Gasteiger partial charge in [-0.2, -0.15) is 0 Å². The van der Waals surface area contributed by atoms with Gasteiger partial charge in [0.05, 0.1) is 11.9 Å². The molecule has 1 aliphatic heterocycles. The van der Waals surface area contributed by atoms with E-state index in [-0.39, 0.29) is 5.43 Å². The lowest BCUT2D eigenvalue weighted by Crippen LogP contribution is -2.30. The first kappa shape index (κ1) is 12.0. The van der Waals surface area contributed by atoms with Crippen molar-refractivity contribution in [1.29, 1.82) is 0 Å². The SMILES string of the molecule is O=c1cc(N2CCOc3cccnc32)oc2ccccc12. The highest BCUT2D eigenvalue weighted by atomic mass is 16.5. The van der Waals surface area contributed by atoms with E-state index in [1.54, 1.807) is 18.3 Å². The van der Waals surface area contributed by atoms with Crippen molar-refractivity contribution in [2.45, 2.75) is 0 Å². The molecule has 0 spiro atoms. The molecule has 5 nitrogen and oxygen atoms in total. The van der Waals surface area contributed by atoms with Crippen LogP contribution in [0, 0.1) is 0 Å². The van der Waals surface area contributed by atoms with Gasteiger partial charge in [0.25, 0.3) is 0 Å². The molecule has 1 aromatic carbocycles. The maximum absolute atomic E-state index is 12.2. The van der Waals surface area contributed by atoms with E-state index in [1.165, 1.54) is 6.07 Å². The van der Waals surface area contributed by atoms with E-state index >= 15 is 0 Å². The van der Waals surface area contributed by atoms with Gasteiger partial charge in [0.15, 0.2) is 17.0 Å². The normalized spacial score (nSPS) is 13.8. The molecule has 104 valence electrons. The smallest absolute Gasteiger partial charge is 0.205 e. The fourth-order valence-electron chi connectivity index (χ4n) is 2.49. The van der Waals surface area contributed by atoms with Crippen molar-refractivity contribution in [3.05, 3.63) is 58.9 Å². The maximum atomic E-state index is 12.2. The Morgan fingerprint density at radius 2 is 2.05 bits per heavy atom. The largest absolute Gasteiger partial charge is 0.488 e. The molecule has 0 unspecified atom stereocenters. The Balaban J connectivity index is 1.90. The molecule has 0 radical (unpaired) electrons. The minimum absolute atomic E-state index is 0.0594. The van der Waals surface area contributed by atoms with Crippen LogP contribution in [-0.4, -0.2) is 18.1 Å². The second-order valence-electron chi connectivity index (χ2n) is 4.77. The zero-order valence-corrected chi connectivity index (χ0v) is 11.2. The number of nitrogens with zero attached hydrogens (tertiary/aromatic N) is 2. The van der Waals surface area contributed by atoms with Crippen molar-refractivity contribution in [2.24, 2.45) is 0 Å². The zero-order chi connectivity index (χ0) is 14.2. The molecule has 1 aliphatic rings. The molecule has 5 heteroatoms. The molecule has 0 amide bonds. The van der Waals surface area contributed by atoms with Gasteiger partial charge in [-0.1, -0.05) is 12.1 Å². The second kappa shape index (κ2) is 4.63. The third-order valence-electron chi connectivity index (χ3n) is 3.47. The van der Waals surface area contributed by atoms with Gasteiger partial charge in [-0.25, -0.2) is 4.98 Å². The molecule has 0 bridgehead atoms. The van der Waals surface area contributed by atoms with Gasteiger partial charge >= 0.3 is 0 Å². The number of para-hydroxylation sites is 1. The van der Waals surface area contributed by atoms with Crippen molar-refractivity contribution >= 4 is 22.7 Å². The number of hydrogen-bond acceptors (Lipinski definition) is 5. The van der Waals surface area contributed by atoms with E-state index < -0.39 is 0 Å². The van der Waals surface area contributed by atoms with Gasteiger partial charge in [0.2, 0.25) is 5.88 Å². The Hall–Kier alpha value is -2.82. The summed E-state index contributed by atoms with van der Waals surface area (Å²) < 4.78 is 11.4. The summed E-state index contributed by atoms with van der Waals surface area (Å²) >= 11 is 0. The third-order valence-corrected chi connectivity index (χ3v) is 3.47. The van der Waals surface area contributed by atoms with Crippen LogP contribution >= 0.6 is 0 Å². The molecule has 0 atom stereocenters. The summed E-state index contributed by atoms with van der Waals surface area (Å²) in [5, 5.41) is 0.579. The predicted molar refractivity (Wildman–Crippen MR) is 79.2 cm³/mol. The van der Waals surface area contributed by atoms with Crippen molar-refractivity contribution < 1.29 is 9.15 Å². The lowest BCUT2D eigenvalue weighted by atomic mass is 10.2. The number of anilines is 2. The summed E-state index contributed by atoms with van der Waals surface area (Å²) in [5.41, 5.74) is 0.514. The Bertz CT molecular complexity index is 873. The van der Waals surface area contributed by atoms with E-state index in [9.17, 15) is 4.79 Å². The van der Waals surface area contributed by atoms with E-state index in [2.05, 4.69) is 4.98 Å². The van der Waals surface area contributed by atoms with Crippen molar-refractivity contribution in [2.75, 3.05) is 18.1 Å². The standard InChI is InChI=1S/C16H12N2O3/c19-12-10-15(21-13-5-2-1-4-11(12)13)18-8-9-20-14-6-3-7-17-16(14)18/h1-7,10H,8-9H2. The molecule has 3 heterocycles. The molecular weight excluding hydrogens is 268 g/mol. The summed E-state index contributed by atoms with van der Waals surface area (Å²) in [6, 6.07) is 12.4. The van der Waals surface area contributed by atoms with Crippen LogP contribution in [0.1, 0.15) is 0 Å². The third kappa shape index (κ3) is 1.94. The molecule has 3 aromatic rings. The first-order valence-corrected chi connectivity index (χ1v) is 6.71. The van der Waals surface area contributed by atoms with Gasteiger partial charge in [-0.3, -0.25) is 9.69 Å². The van der Waals surface area contributed by atoms with E-state index in [0.29, 0.717) is 41.6 Å². The fraction of sp³-hybridized carbons (Fsp3) is 0.125. The van der Waals surface area contributed by atoms with Crippen LogP contribution in [0.3, 0.4) is 0 Å². The Morgan fingerprint density at radius 1 is 1.14 bits per heavy atom. The van der Waals surface area contributed by atoms with E-state index in [4.69, 9.17) is 9.15 Å². The van der Waals surface area contributed by atoms with Gasteiger partial charge in [0, 0.05) is 12.3 Å². The number of ether oxygens (including phenoxy) is 1. The summed E-state index contributed by atoms with van der Waals surface area (Å²) in [6.45, 7) is 1.11. The van der Waals surface area contributed by atoms with Crippen molar-refractivity contribution in [3.63, 3.8) is 0 Å². The average Bonchev–Trinajstić information content (AvgIpc) is 2.54. The Labute approximate surface area is 120 Å². The summed E-state index contributed by atoms with van der Waals surface area (Å²) in [5.74, 6) is 1.85. The van der Waals surface area contributed by atoms with E-state index in [1.807, 2.05) is 29.2 Å². The highest BCUT2D eigenvalue weighted by molar-refractivity contribution is 5.78. The molecule has 21 heavy (non-hydrogen) atoms. The first-order valence-electron chi connectivity index (χ1n) is 6.71. The number of rotatable bonds is 1. The highest BCUT2D eigenvalue weighted by Gasteiger charge is 2.23. The van der Waals surface area contributed by atoms with Gasteiger partial charge in [-0.15, -0.1) is 0 Å². The number of fused-ring (bicyclic) bond motifs is 2. The number of aromatic nitrogens is 1. The van der Waals surface area contributed by atoms with E-state index in [0.717, 1.165) is 0 Å². The van der Waals surface area contributed by atoms with Crippen LogP contribution < -0.4 is 15.1 Å². The van der Waals surface area contributed by atoms with Crippen LogP contribution in [0.5, 0.6) is 5.75 Å². The first-order chi connectivity index (χ1) is 10.3. The van der Waals surface area contributed by atoms with Crippen LogP contribution in [0.2, 0.25) is 0 Å². The van der Waals surface area contributed by atoms with Gasteiger partial charge in [0.1, 0.15) is 12.2 Å². The quantitative estimate of drug-likeness (QED) is 0.686. The Kier molecular flexibility index (Phi) is 2.64. The molecule has 0 fully saturated rings. The van der Waals surface area contributed by atoms with Crippen molar-refractivity contribution in [3.8, 4) is 5.75 Å². The predicted octanol–water partition coefficient (Wildman–Crippen LogP) is 2.72. The Morgan fingerprint density at radius 3 is 3.00 bits per heavy atom. The fourth-order valence-corrected chi connectivity index (χ4v) is 2.49. The van der Waals surface area contributed by atoms with Crippen molar-refractivity contribution in [1.82, 2.24) is 4.98 Å². The topological polar surface area (TPSA) is 55.6 Å². The maximum Gasteiger partial charge on any atom is 0.205 e. The van der Waals surface area contributed by atoms with Crippen LogP contribution in [-0.2, 0) is 0 Å². The van der Waals surface area contributed by atoms with Gasteiger partial charge < -0.3 is 9.15 Å². The minimum Gasteiger partial charge on any atom is -0.488 e. The summed E-state index contributed by atoms with van der Waals surface area (Å²) in [6.07, 6.45) is 1.69. The molecule has 0 aliphatic carbocycles. The zero-order valence-electron chi connectivity index (χ0n) is 11.2. The summed E-state index contributed by atoms with van der Waals surface area (Å²) in [7, 11) is 0. The number of hydrogen-bond donors (Lipinski definition) is 0. The molecule has 0 saturated heterocycles. The number of pyridine rings is 1. The van der Waals surface area contributed by atoms with Crippen LogP contribution in [0.15, 0.2) is 57.9 Å². The highest BCUT2D eigenvalue weighted by Crippen LogP contribution is 2.34. The average molecular weight is 280 g/mol. The minimum atomic E-state index is -0.0594. The molecule has 4 rings (SSSR count). The molecule has 2 aromatic heterocycles. The lowest BCUT2D eigenvalue weighted by molar-refractivity contribution is 0.308. The monoisotopic (exact) mass is 280 g/mol. The second-order valence-corrected chi connectivity index (χ2v) is 4.77. The molecule has 0 saturated carbocycles. The van der Waals surface area contributed by atoms with Crippen LogP contribution in [0.4, 0.5) is 11.7 Å². The lowest BCUT2D eigenvalue weighted by Gasteiger charge is -2.28. The summed E-state index contributed by atoms with van der Waals surface area (Å²) in [4.78, 5) is 18.4. The van der Waals surface area contributed by atoms with Crippen LogP contribution in [0.25, 0.3) is 11.0 Å².